The highest BCUT2D eigenvalue weighted by atomic mass is 19.4. The molecule has 0 unspecified atom stereocenters. The lowest BCUT2D eigenvalue weighted by atomic mass is 10.1. The van der Waals surface area contributed by atoms with Crippen molar-refractivity contribution in [2.45, 2.75) is 38.2 Å². The number of nitrogen functional groups attached to an aromatic ring is 1. The highest BCUT2D eigenvalue weighted by molar-refractivity contribution is 6.08. The van der Waals surface area contributed by atoms with Crippen LogP contribution in [0, 0.1) is 0 Å². The lowest BCUT2D eigenvalue weighted by Crippen LogP contribution is -2.35. The van der Waals surface area contributed by atoms with Crippen LogP contribution in [-0.4, -0.2) is 63.9 Å². The number of amides is 2. The highest BCUT2D eigenvalue weighted by Gasteiger charge is 2.38. The smallest absolute Gasteiger partial charge is 0.480 e. The molecule has 0 spiro atoms. The Hall–Kier alpha value is -5.65. The van der Waals surface area contributed by atoms with Gasteiger partial charge in [0.05, 0.1) is 0 Å². The van der Waals surface area contributed by atoms with Crippen LogP contribution in [-0.2, 0) is 33.8 Å². The predicted octanol–water partition coefficient (Wildman–Crippen LogP) is 4.00. The van der Waals surface area contributed by atoms with Crippen molar-refractivity contribution in [3.05, 3.63) is 94.5 Å². The molecule has 12 nitrogen and oxygen atoms in total. The van der Waals surface area contributed by atoms with Crippen molar-refractivity contribution in [3.63, 3.8) is 0 Å². The summed E-state index contributed by atoms with van der Waals surface area (Å²) in [5, 5.41) is 23.3. The molecule has 0 aliphatic heterocycles. The SMILES string of the molecule is NC(=O)c1ccc2c(c1)CCC2.NCc1cccc(C(=O)N(CC(=O)O)c2ccc(N)cc2)c1.O=C(O)C(F)(F)F.O=C(O)C(F)(F)F. The fourth-order valence-corrected chi connectivity index (χ4v) is 3.78. The van der Waals surface area contributed by atoms with E-state index in [-0.39, 0.29) is 5.91 Å². The first kappa shape index (κ1) is 40.4. The fraction of sp³-hybridized carbons (Fsp3) is 0.233. The molecular formula is C30H30F6N4O8. The number of alkyl halides is 6. The van der Waals surface area contributed by atoms with Crippen LogP contribution < -0.4 is 22.1 Å². The minimum atomic E-state index is -5.08. The van der Waals surface area contributed by atoms with E-state index in [1.807, 2.05) is 24.3 Å². The summed E-state index contributed by atoms with van der Waals surface area (Å²) in [6.07, 6.45) is -6.72. The topological polar surface area (TPSA) is 227 Å². The summed E-state index contributed by atoms with van der Waals surface area (Å²) in [5.41, 5.74) is 21.9. The van der Waals surface area contributed by atoms with E-state index < -0.39 is 42.7 Å². The molecule has 48 heavy (non-hydrogen) atoms. The number of fused-ring (bicyclic) bond motifs is 1. The third-order valence-corrected chi connectivity index (χ3v) is 6.02. The molecule has 0 radical (unpaired) electrons. The second-order valence-corrected chi connectivity index (χ2v) is 9.59. The van der Waals surface area contributed by atoms with Crippen LogP contribution in [0.15, 0.2) is 66.7 Å². The van der Waals surface area contributed by atoms with Gasteiger partial charge in [0.15, 0.2) is 0 Å². The van der Waals surface area contributed by atoms with E-state index in [2.05, 4.69) is 0 Å². The number of anilines is 2. The summed E-state index contributed by atoms with van der Waals surface area (Å²) >= 11 is 0. The molecule has 18 heteroatoms. The van der Waals surface area contributed by atoms with E-state index in [0.717, 1.165) is 18.4 Å². The van der Waals surface area contributed by atoms with E-state index in [1.54, 1.807) is 42.5 Å². The Kier molecular flexibility index (Phi) is 15.0. The van der Waals surface area contributed by atoms with Gasteiger partial charge in [0.2, 0.25) is 5.91 Å². The van der Waals surface area contributed by atoms with E-state index >= 15 is 0 Å². The average Bonchev–Trinajstić information content (AvgIpc) is 3.48. The molecule has 1 aliphatic rings. The van der Waals surface area contributed by atoms with Gasteiger partial charge in [-0.3, -0.25) is 19.3 Å². The normalized spacial score (nSPS) is 11.6. The van der Waals surface area contributed by atoms with Crippen LogP contribution in [0.3, 0.4) is 0 Å². The number of halogens is 6. The lowest BCUT2D eigenvalue weighted by Gasteiger charge is -2.21. The van der Waals surface area contributed by atoms with Crippen LogP contribution in [0.2, 0.25) is 0 Å². The highest BCUT2D eigenvalue weighted by Crippen LogP contribution is 2.23. The molecule has 0 fully saturated rings. The number of carbonyl (C=O) groups excluding carboxylic acids is 2. The third-order valence-electron chi connectivity index (χ3n) is 6.02. The number of carboxylic acids is 3. The first-order valence-electron chi connectivity index (χ1n) is 13.4. The molecule has 0 atom stereocenters. The lowest BCUT2D eigenvalue weighted by molar-refractivity contribution is -0.193. The predicted molar refractivity (Wildman–Crippen MR) is 159 cm³/mol. The molecule has 4 rings (SSSR count). The maximum Gasteiger partial charge on any atom is 0.490 e. The van der Waals surface area contributed by atoms with Crippen molar-refractivity contribution in [1.82, 2.24) is 0 Å². The summed E-state index contributed by atoms with van der Waals surface area (Å²) in [5.74, 6) is -7.34. The maximum absolute atomic E-state index is 12.6. The van der Waals surface area contributed by atoms with Crippen LogP contribution >= 0.6 is 0 Å². The fourth-order valence-electron chi connectivity index (χ4n) is 3.78. The van der Waals surface area contributed by atoms with Crippen molar-refractivity contribution >= 4 is 41.1 Å². The van der Waals surface area contributed by atoms with Gasteiger partial charge in [0.25, 0.3) is 5.91 Å². The van der Waals surface area contributed by atoms with E-state index in [0.29, 0.717) is 29.0 Å². The number of aliphatic carboxylic acids is 3. The van der Waals surface area contributed by atoms with Crippen LogP contribution in [0.25, 0.3) is 0 Å². The van der Waals surface area contributed by atoms with E-state index in [9.17, 15) is 40.7 Å². The van der Waals surface area contributed by atoms with Crippen molar-refractivity contribution in [2.75, 3.05) is 17.2 Å². The van der Waals surface area contributed by atoms with Crippen molar-refractivity contribution in [2.24, 2.45) is 11.5 Å². The van der Waals surface area contributed by atoms with E-state index in [1.165, 1.54) is 22.4 Å². The van der Waals surface area contributed by atoms with Gasteiger partial charge in [-0.2, -0.15) is 26.3 Å². The number of carbonyl (C=O) groups is 5. The number of rotatable bonds is 6. The number of hydrogen-bond acceptors (Lipinski definition) is 7. The summed E-state index contributed by atoms with van der Waals surface area (Å²) in [6, 6.07) is 19.0. The van der Waals surface area contributed by atoms with Crippen LogP contribution in [0.5, 0.6) is 0 Å². The Morgan fingerprint density at radius 2 is 1.25 bits per heavy atom. The zero-order chi connectivity index (χ0) is 36.8. The van der Waals surface area contributed by atoms with Gasteiger partial charge in [-0.25, -0.2) is 9.59 Å². The number of carboxylic acid groups (broad SMARTS) is 3. The largest absolute Gasteiger partial charge is 0.490 e. The second kappa shape index (κ2) is 17.9. The number of benzene rings is 3. The molecule has 2 amide bonds. The van der Waals surface area contributed by atoms with Gasteiger partial charge in [0.1, 0.15) is 6.54 Å². The minimum Gasteiger partial charge on any atom is -0.480 e. The monoisotopic (exact) mass is 688 g/mol. The molecular weight excluding hydrogens is 658 g/mol. The van der Waals surface area contributed by atoms with Gasteiger partial charge in [-0.1, -0.05) is 18.2 Å². The Balaban J connectivity index is 0.000000369. The number of nitrogens with zero attached hydrogens (tertiary/aromatic N) is 1. The molecule has 3 aromatic carbocycles. The molecule has 260 valence electrons. The van der Waals surface area contributed by atoms with Gasteiger partial charge in [-0.05, 0) is 84.5 Å². The number of primary amides is 1. The summed E-state index contributed by atoms with van der Waals surface area (Å²) < 4.78 is 63.5. The molecule has 3 aromatic rings. The standard InChI is InChI=1S/C16H17N3O3.C10H11NO.2C2HF3O2/c17-9-11-2-1-3-12(8-11)16(22)19(10-15(20)21)14-6-4-13(18)5-7-14;11-10(12)9-5-4-7-2-1-3-8(7)6-9;2*3-2(4,5)1(6)7/h1-8H,9-10,17-18H2,(H,20,21);4-6H,1-3H2,(H2,11,12);2*(H,6,7). The van der Waals surface area contributed by atoms with Crippen molar-refractivity contribution in [1.29, 1.82) is 0 Å². The Morgan fingerprint density at radius 1 is 0.729 bits per heavy atom. The molecule has 0 saturated carbocycles. The molecule has 0 heterocycles. The molecule has 1 aliphatic carbocycles. The second-order valence-electron chi connectivity index (χ2n) is 9.59. The van der Waals surface area contributed by atoms with Crippen LogP contribution in [0.4, 0.5) is 37.7 Å². The minimum absolute atomic E-state index is 0.307. The van der Waals surface area contributed by atoms with Crippen LogP contribution in [0.1, 0.15) is 43.8 Å². The number of aryl methyl sites for hydroxylation is 2. The Labute approximate surface area is 268 Å². The number of hydrogen-bond donors (Lipinski definition) is 6. The van der Waals surface area contributed by atoms with Gasteiger partial charge < -0.3 is 32.5 Å². The Morgan fingerprint density at radius 3 is 1.71 bits per heavy atom. The Bertz CT molecular complexity index is 1570. The third kappa shape index (κ3) is 13.8. The summed E-state index contributed by atoms with van der Waals surface area (Å²) in [4.78, 5) is 53.5. The maximum atomic E-state index is 12.6. The van der Waals surface area contributed by atoms with Crippen molar-refractivity contribution < 1.29 is 65.6 Å². The average molecular weight is 689 g/mol. The van der Waals surface area contributed by atoms with E-state index in [4.69, 9.17) is 42.1 Å². The molecule has 0 bridgehead atoms. The summed E-state index contributed by atoms with van der Waals surface area (Å²) in [7, 11) is 0. The zero-order valence-electron chi connectivity index (χ0n) is 24.7. The zero-order valence-corrected chi connectivity index (χ0v) is 24.7. The van der Waals surface area contributed by atoms with Gasteiger partial charge in [0, 0.05) is 29.0 Å². The molecule has 0 aromatic heterocycles. The molecule has 9 N–H and O–H groups in total. The van der Waals surface area contributed by atoms with Gasteiger partial charge in [-0.15, -0.1) is 0 Å². The quantitative estimate of drug-likeness (QED) is 0.161. The molecule has 0 saturated heterocycles. The summed E-state index contributed by atoms with van der Waals surface area (Å²) in [6.45, 7) is -0.127. The van der Waals surface area contributed by atoms with Crippen molar-refractivity contribution in [3.8, 4) is 0 Å². The number of nitrogens with two attached hydrogens (primary N) is 3. The first-order chi connectivity index (χ1) is 22.2. The van der Waals surface area contributed by atoms with Gasteiger partial charge >= 0.3 is 30.3 Å². The first-order valence-corrected chi connectivity index (χ1v) is 13.4.